The number of aryl methyl sites for hydroxylation is 2. The second-order valence-electron chi connectivity index (χ2n) is 13.7. The average Bonchev–Trinajstić information content (AvgIpc) is 3.14. The molecule has 8 rings (SSSR count). The highest BCUT2D eigenvalue weighted by Gasteiger charge is 2.37. The lowest BCUT2D eigenvalue weighted by molar-refractivity contribution is 0.628. The van der Waals surface area contributed by atoms with E-state index in [4.69, 9.17) is 0 Å². The Hall–Kier alpha value is -5.93. The Balaban J connectivity index is 1.27. The van der Waals surface area contributed by atoms with Crippen LogP contribution in [0, 0.1) is 19.7 Å². The van der Waals surface area contributed by atoms with Gasteiger partial charge < -0.3 is 9.80 Å². The van der Waals surface area contributed by atoms with Crippen LogP contribution in [0.4, 0.5) is 38.5 Å². The van der Waals surface area contributed by atoms with Crippen molar-refractivity contribution in [3.05, 3.63) is 192 Å². The van der Waals surface area contributed by atoms with Crippen LogP contribution in [0.3, 0.4) is 0 Å². The predicted octanol–water partition coefficient (Wildman–Crippen LogP) is 13.4. The van der Waals surface area contributed by atoms with E-state index in [9.17, 15) is 4.39 Å². The van der Waals surface area contributed by atoms with E-state index in [0.717, 1.165) is 22.7 Å². The standard InChI is InChI=1S/C47H39FN2/c1-32-28-41(49(38-16-10-6-11-17-38)40-24-22-37(48)23-25-40)29-33(2)46(32)36-21-27-45-43(31-36)47(3,4)42-30-35(34-14-8-5-9-15-34)20-26-44(42)50(45)39-18-12-7-13-19-39/h5-31H,1-4H3. The van der Waals surface area contributed by atoms with Gasteiger partial charge in [0.2, 0.25) is 0 Å². The van der Waals surface area contributed by atoms with Gasteiger partial charge in [0, 0.05) is 28.2 Å². The van der Waals surface area contributed by atoms with Crippen molar-refractivity contribution in [3.8, 4) is 22.3 Å². The normalized spacial score (nSPS) is 13.0. The molecule has 1 heterocycles. The molecule has 1 aliphatic rings. The third-order valence-corrected chi connectivity index (χ3v) is 10.1. The fourth-order valence-electron chi connectivity index (χ4n) is 7.70. The molecule has 0 saturated carbocycles. The molecule has 50 heavy (non-hydrogen) atoms. The summed E-state index contributed by atoms with van der Waals surface area (Å²) < 4.78 is 14.0. The summed E-state index contributed by atoms with van der Waals surface area (Å²) in [6.45, 7) is 9.10. The molecule has 1 aliphatic heterocycles. The second-order valence-corrected chi connectivity index (χ2v) is 13.7. The van der Waals surface area contributed by atoms with Crippen molar-refractivity contribution < 1.29 is 4.39 Å². The summed E-state index contributed by atoms with van der Waals surface area (Å²) in [6.07, 6.45) is 0. The summed E-state index contributed by atoms with van der Waals surface area (Å²) in [7, 11) is 0. The zero-order valence-electron chi connectivity index (χ0n) is 28.9. The van der Waals surface area contributed by atoms with Gasteiger partial charge in [-0.3, -0.25) is 0 Å². The quantitative estimate of drug-likeness (QED) is 0.177. The fraction of sp³-hybridized carbons (Fsp3) is 0.106. The molecule has 0 radical (unpaired) electrons. The van der Waals surface area contributed by atoms with Gasteiger partial charge in [0.1, 0.15) is 5.82 Å². The maximum absolute atomic E-state index is 14.0. The van der Waals surface area contributed by atoms with Gasteiger partial charge in [-0.05, 0) is 143 Å². The van der Waals surface area contributed by atoms with E-state index in [2.05, 4.69) is 159 Å². The van der Waals surface area contributed by atoms with Crippen LogP contribution < -0.4 is 9.80 Å². The Morgan fingerprint density at radius 2 is 0.980 bits per heavy atom. The molecule has 0 atom stereocenters. The molecule has 0 unspecified atom stereocenters. The first-order valence-corrected chi connectivity index (χ1v) is 17.2. The van der Waals surface area contributed by atoms with Crippen molar-refractivity contribution in [2.45, 2.75) is 33.1 Å². The Morgan fingerprint density at radius 1 is 0.480 bits per heavy atom. The van der Waals surface area contributed by atoms with Crippen LogP contribution in [0.2, 0.25) is 0 Å². The first kappa shape index (κ1) is 31.3. The Bertz CT molecular complexity index is 2290. The van der Waals surface area contributed by atoms with Crippen LogP contribution in [-0.2, 0) is 5.41 Å². The Labute approximate surface area is 294 Å². The van der Waals surface area contributed by atoms with Gasteiger partial charge in [0.25, 0.3) is 0 Å². The highest BCUT2D eigenvalue weighted by atomic mass is 19.1. The van der Waals surface area contributed by atoms with Crippen LogP contribution in [0.15, 0.2) is 164 Å². The predicted molar refractivity (Wildman–Crippen MR) is 208 cm³/mol. The molecule has 0 saturated heterocycles. The fourth-order valence-corrected chi connectivity index (χ4v) is 7.70. The third kappa shape index (κ3) is 5.45. The third-order valence-electron chi connectivity index (χ3n) is 10.1. The maximum atomic E-state index is 14.0. The van der Waals surface area contributed by atoms with E-state index >= 15 is 0 Å². The van der Waals surface area contributed by atoms with Crippen molar-refractivity contribution in [2.24, 2.45) is 0 Å². The minimum atomic E-state index is -0.259. The van der Waals surface area contributed by atoms with E-state index in [-0.39, 0.29) is 11.2 Å². The van der Waals surface area contributed by atoms with Crippen molar-refractivity contribution in [2.75, 3.05) is 9.80 Å². The van der Waals surface area contributed by atoms with Crippen LogP contribution in [0.5, 0.6) is 0 Å². The van der Waals surface area contributed by atoms with E-state index in [1.165, 1.54) is 68.0 Å². The number of rotatable bonds is 6. The lowest BCUT2D eigenvalue weighted by Crippen LogP contribution is -2.30. The summed E-state index contributed by atoms with van der Waals surface area (Å²) in [4.78, 5) is 4.61. The molecule has 2 nitrogen and oxygen atoms in total. The zero-order valence-corrected chi connectivity index (χ0v) is 28.9. The maximum Gasteiger partial charge on any atom is 0.123 e. The van der Waals surface area contributed by atoms with Crippen LogP contribution in [0.25, 0.3) is 22.3 Å². The van der Waals surface area contributed by atoms with Gasteiger partial charge >= 0.3 is 0 Å². The van der Waals surface area contributed by atoms with E-state index in [1.807, 2.05) is 30.3 Å². The zero-order chi connectivity index (χ0) is 34.4. The van der Waals surface area contributed by atoms with Gasteiger partial charge in [0.15, 0.2) is 0 Å². The molecule has 0 N–H and O–H groups in total. The first-order chi connectivity index (χ1) is 24.3. The van der Waals surface area contributed by atoms with E-state index in [0.29, 0.717) is 0 Å². The lowest BCUT2D eigenvalue weighted by Gasteiger charge is -2.42. The van der Waals surface area contributed by atoms with Gasteiger partial charge in [0.05, 0.1) is 11.4 Å². The number of nitrogens with zero attached hydrogens (tertiary/aromatic N) is 2. The Morgan fingerprint density at radius 3 is 1.58 bits per heavy atom. The molecular formula is C47H39FN2. The number of anilines is 6. The number of halogens is 1. The van der Waals surface area contributed by atoms with Crippen molar-refractivity contribution in [3.63, 3.8) is 0 Å². The molecular weight excluding hydrogens is 612 g/mol. The molecule has 0 spiro atoms. The largest absolute Gasteiger partial charge is 0.310 e. The number of para-hydroxylation sites is 2. The van der Waals surface area contributed by atoms with E-state index < -0.39 is 0 Å². The lowest BCUT2D eigenvalue weighted by atomic mass is 9.72. The second kappa shape index (κ2) is 12.5. The highest BCUT2D eigenvalue weighted by molar-refractivity contribution is 5.90. The summed E-state index contributed by atoms with van der Waals surface area (Å²) in [5.74, 6) is -0.246. The van der Waals surface area contributed by atoms with Gasteiger partial charge in [-0.15, -0.1) is 0 Å². The van der Waals surface area contributed by atoms with Crippen LogP contribution in [-0.4, -0.2) is 0 Å². The SMILES string of the molecule is Cc1cc(N(c2ccccc2)c2ccc(F)cc2)cc(C)c1-c1ccc2c(c1)C(C)(C)c1cc(-c3ccccc3)ccc1N2c1ccccc1. The number of hydrogen-bond donors (Lipinski definition) is 0. The minimum absolute atomic E-state index is 0.246. The van der Waals surface area contributed by atoms with E-state index in [1.54, 1.807) is 0 Å². The van der Waals surface area contributed by atoms with Crippen molar-refractivity contribution >= 4 is 34.1 Å². The number of benzene rings is 7. The minimum Gasteiger partial charge on any atom is -0.310 e. The van der Waals surface area contributed by atoms with Gasteiger partial charge in [-0.1, -0.05) is 92.7 Å². The van der Waals surface area contributed by atoms with Gasteiger partial charge in [-0.25, -0.2) is 4.39 Å². The molecule has 0 amide bonds. The summed E-state index contributed by atoms with van der Waals surface area (Å²) in [5.41, 5.74) is 16.1. The molecule has 7 aromatic carbocycles. The van der Waals surface area contributed by atoms with Crippen molar-refractivity contribution in [1.82, 2.24) is 0 Å². The summed E-state index contributed by atoms with van der Waals surface area (Å²) in [6, 6.07) is 56.7. The summed E-state index contributed by atoms with van der Waals surface area (Å²) in [5, 5.41) is 0. The molecule has 7 aromatic rings. The first-order valence-electron chi connectivity index (χ1n) is 17.2. The number of fused-ring (bicyclic) bond motifs is 2. The molecule has 0 aromatic heterocycles. The van der Waals surface area contributed by atoms with Crippen molar-refractivity contribution in [1.29, 1.82) is 0 Å². The molecule has 244 valence electrons. The molecule has 0 bridgehead atoms. The smallest absolute Gasteiger partial charge is 0.123 e. The Kier molecular flexibility index (Phi) is 7.84. The average molecular weight is 651 g/mol. The van der Waals surface area contributed by atoms with Gasteiger partial charge in [-0.2, -0.15) is 0 Å². The van der Waals surface area contributed by atoms with Crippen LogP contribution >= 0.6 is 0 Å². The van der Waals surface area contributed by atoms with Crippen LogP contribution in [0.1, 0.15) is 36.1 Å². The molecule has 0 aliphatic carbocycles. The molecule has 0 fully saturated rings. The summed E-state index contributed by atoms with van der Waals surface area (Å²) >= 11 is 0. The molecule has 3 heteroatoms. The highest BCUT2D eigenvalue weighted by Crippen LogP contribution is 2.53. The topological polar surface area (TPSA) is 6.48 Å². The monoisotopic (exact) mass is 650 g/mol. The number of hydrogen-bond acceptors (Lipinski definition) is 2.